The Balaban J connectivity index is 1.72. The lowest BCUT2D eigenvalue weighted by molar-refractivity contribution is -0.115. The molecule has 0 atom stereocenters. The Labute approximate surface area is 155 Å². The number of amides is 3. The van der Waals surface area contributed by atoms with Crippen molar-refractivity contribution in [3.05, 3.63) is 41.7 Å². The number of nitrogens with one attached hydrogen (secondary N) is 3. The van der Waals surface area contributed by atoms with Crippen molar-refractivity contribution in [1.29, 1.82) is 0 Å². The summed E-state index contributed by atoms with van der Waals surface area (Å²) in [4.78, 5) is 25.9. The monoisotopic (exact) mass is 384 g/mol. The number of rotatable bonds is 6. The van der Waals surface area contributed by atoms with Gasteiger partial charge in [-0.05, 0) is 31.9 Å². The Morgan fingerprint density at radius 2 is 1.85 bits per heavy atom. The van der Waals surface area contributed by atoms with Gasteiger partial charge in [0, 0.05) is 25.7 Å². The second-order valence-electron chi connectivity index (χ2n) is 6.61. The first kappa shape index (κ1) is 20.8. The number of anilines is 1. The summed E-state index contributed by atoms with van der Waals surface area (Å²) in [7, 11) is 0. The quantitative estimate of drug-likeness (QED) is 0.521. The molecule has 3 amide bonds. The highest BCUT2D eigenvalue weighted by atomic mass is 19.2. The number of urea groups is 1. The zero-order valence-electron chi connectivity index (χ0n) is 15.1. The van der Waals surface area contributed by atoms with Crippen LogP contribution in [0.25, 0.3) is 0 Å². The second-order valence-corrected chi connectivity index (χ2v) is 6.61. The maximum atomic E-state index is 13.5. The van der Waals surface area contributed by atoms with Gasteiger partial charge in [0.25, 0.3) is 0 Å². The van der Waals surface area contributed by atoms with Crippen LogP contribution >= 0.6 is 0 Å². The number of piperidine rings is 1. The number of nitrogens with zero attached hydrogens (tertiary/aromatic N) is 1. The van der Waals surface area contributed by atoms with Gasteiger partial charge in [-0.2, -0.15) is 0 Å². The van der Waals surface area contributed by atoms with Gasteiger partial charge in [0.05, 0.1) is 12.2 Å². The number of hydrogen-bond acceptors (Lipinski definition) is 3. The van der Waals surface area contributed by atoms with Crippen molar-refractivity contribution in [2.45, 2.75) is 25.8 Å². The van der Waals surface area contributed by atoms with E-state index in [1.807, 2.05) is 6.92 Å². The molecule has 2 rings (SSSR count). The van der Waals surface area contributed by atoms with Crippen LogP contribution in [0.1, 0.15) is 19.8 Å². The molecule has 0 aliphatic carbocycles. The van der Waals surface area contributed by atoms with Crippen molar-refractivity contribution in [1.82, 2.24) is 15.5 Å². The van der Waals surface area contributed by atoms with Crippen LogP contribution in [0.15, 0.2) is 24.3 Å². The van der Waals surface area contributed by atoms with Crippen LogP contribution in [-0.2, 0) is 4.79 Å². The summed E-state index contributed by atoms with van der Waals surface area (Å²) in [6.07, 6.45) is 1.57. The molecule has 6 nitrogen and oxygen atoms in total. The standard InChI is InChI=1S/C18H23F3N4O2/c1-11(2)10-25-7-5-12(6-8-25)23-18(27)22-9-15(26)24-14-4-3-13(19)16(20)17(14)21/h3-4,12H,1,5-10H2,2H3,(H,24,26)(H2,22,23,27). The molecule has 148 valence electrons. The van der Waals surface area contributed by atoms with E-state index in [2.05, 4.69) is 27.4 Å². The summed E-state index contributed by atoms with van der Waals surface area (Å²) in [6, 6.07) is 1.09. The number of halogens is 3. The fourth-order valence-corrected chi connectivity index (χ4v) is 2.83. The van der Waals surface area contributed by atoms with Gasteiger partial charge in [-0.15, -0.1) is 0 Å². The molecule has 1 heterocycles. The third-order valence-electron chi connectivity index (χ3n) is 4.14. The normalized spacial score (nSPS) is 15.3. The van der Waals surface area contributed by atoms with Crippen LogP contribution in [0, 0.1) is 17.5 Å². The van der Waals surface area contributed by atoms with E-state index in [-0.39, 0.29) is 6.04 Å². The van der Waals surface area contributed by atoms with E-state index in [4.69, 9.17) is 0 Å². The maximum absolute atomic E-state index is 13.5. The summed E-state index contributed by atoms with van der Waals surface area (Å²) in [5.74, 6) is -5.27. The third kappa shape index (κ3) is 6.28. The van der Waals surface area contributed by atoms with E-state index in [1.165, 1.54) is 0 Å². The molecule has 0 radical (unpaired) electrons. The van der Waals surface area contributed by atoms with E-state index in [9.17, 15) is 22.8 Å². The molecular formula is C18H23F3N4O2. The van der Waals surface area contributed by atoms with Crippen LogP contribution in [0.2, 0.25) is 0 Å². The third-order valence-corrected chi connectivity index (χ3v) is 4.14. The molecule has 1 saturated heterocycles. The molecule has 0 spiro atoms. The molecule has 1 aromatic rings. The van der Waals surface area contributed by atoms with Gasteiger partial charge in [0.2, 0.25) is 5.91 Å². The Hall–Kier alpha value is -2.55. The van der Waals surface area contributed by atoms with E-state index in [0.717, 1.165) is 44.1 Å². The van der Waals surface area contributed by atoms with E-state index < -0.39 is 41.6 Å². The lowest BCUT2D eigenvalue weighted by atomic mass is 10.0. The van der Waals surface area contributed by atoms with Crippen molar-refractivity contribution < 1.29 is 22.8 Å². The number of benzene rings is 1. The lowest BCUT2D eigenvalue weighted by Gasteiger charge is -2.32. The first-order valence-electron chi connectivity index (χ1n) is 8.60. The molecule has 1 aliphatic rings. The molecular weight excluding hydrogens is 361 g/mol. The van der Waals surface area contributed by atoms with Crippen LogP contribution in [0.5, 0.6) is 0 Å². The zero-order valence-corrected chi connectivity index (χ0v) is 15.1. The fraction of sp³-hybridized carbons (Fsp3) is 0.444. The zero-order chi connectivity index (χ0) is 20.0. The van der Waals surface area contributed by atoms with Crippen molar-refractivity contribution in [3.63, 3.8) is 0 Å². The average Bonchev–Trinajstić information content (AvgIpc) is 2.62. The molecule has 0 unspecified atom stereocenters. The lowest BCUT2D eigenvalue weighted by Crippen LogP contribution is -2.49. The number of carbonyl (C=O) groups excluding carboxylic acids is 2. The highest BCUT2D eigenvalue weighted by molar-refractivity contribution is 5.94. The van der Waals surface area contributed by atoms with Crippen molar-refractivity contribution >= 4 is 17.6 Å². The predicted octanol–water partition coefficient (Wildman–Crippen LogP) is 2.38. The molecule has 0 aromatic heterocycles. The average molecular weight is 384 g/mol. The first-order chi connectivity index (χ1) is 12.8. The second kappa shape index (κ2) is 9.40. The van der Waals surface area contributed by atoms with Gasteiger partial charge >= 0.3 is 6.03 Å². The Bertz CT molecular complexity index is 719. The van der Waals surface area contributed by atoms with Crippen LogP contribution in [0.3, 0.4) is 0 Å². The van der Waals surface area contributed by atoms with Crippen molar-refractivity contribution in [2.24, 2.45) is 0 Å². The minimum absolute atomic E-state index is 0.00179. The summed E-state index contributed by atoms with van der Waals surface area (Å²) >= 11 is 0. The van der Waals surface area contributed by atoms with Crippen molar-refractivity contribution in [3.8, 4) is 0 Å². The minimum Gasteiger partial charge on any atom is -0.335 e. The van der Waals surface area contributed by atoms with Gasteiger partial charge in [-0.25, -0.2) is 18.0 Å². The summed E-state index contributed by atoms with van der Waals surface area (Å²) in [6.45, 7) is 7.93. The Morgan fingerprint density at radius 1 is 1.19 bits per heavy atom. The highest BCUT2D eigenvalue weighted by Crippen LogP contribution is 2.19. The molecule has 0 bridgehead atoms. The van der Waals surface area contributed by atoms with Gasteiger partial charge in [0.15, 0.2) is 17.5 Å². The molecule has 3 N–H and O–H groups in total. The first-order valence-corrected chi connectivity index (χ1v) is 8.60. The van der Waals surface area contributed by atoms with Crippen LogP contribution in [0.4, 0.5) is 23.7 Å². The Morgan fingerprint density at radius 3 is 2.48 bits per heavy atom. The van der Waals surface area contributed by atoms with E-state index in [0.29, 0.717) is 6.07 Å². The van der Waals surface area contributed by atoms with Gasteiger partial charge < -0.3 is 16.0 Å². The number of likely N-dealkylation sites (tertiary alicyclic amines) is 1. The predicted molar refractivity (Wildman–Crippen MR) is 95.8 cm³/mol. The van der Waals surface area contributed by atoms with E-state index in [1.54, 1.807) is 0 Å². The van der Waals surface area contributed by atoms with Crippen LogP contribution < -0.4 is 16.0 Å². The molecule has 1 fully saturated rings. The SMILES string of the molecule is C=C(C)CN1CCC(NC(=O)NCC(=O)Nc2ccc(F)c(F)c2F)CC1. The maximum Gasteiger partial charge on any atom is 0.315 e. The summed E-state index contributed by atoms with van der Waals surface area (Å²) < 4.78 is 39.5. The van der Waals surface area contributed by atoms with E-state index >= 15 is 0 Å². The van der Waals surface area contributed by atoms with Gasteiger partial charge in [-0.1, -0.05) is 12.2 Å². The molecule has 1 aliphatic heterocycles. The number of carbonyl (C=O) groups is 2. The molecule has 1 aromatic carbocycles. The Kier molecular flexibility index (Phi) is 7.23. The summed E-state index contributed by atoms with van der Waals surface area (Å²) in [5, 5.41) is 7.22. The summed E-state index contributed by atoms with van der Waals surface area (Å²) in [5.41, 5.74) is 0.591. The minimum atomic E-state index is -1.67. The van der Waals surface area contributed by atoms with Gasteiger partial charge in [0.1, 0.15) is 0 Å². The molecule has 9 heteroatoms. The molecule has 27 heavy (non-hydrogen) atoms. The smallest absolute Gasteiger partial charge is 0.315 e. The molecule has 0 saturated carbocycles. The van der Waals surface area contributed by atoms with Crippen LogP contribution in [-0.4, -0.2) is 49.1 Å². The topological polar surface area (TPSA) is 73.5 Å². The van der Waals surface area contributed by atoms with Gasteiger partial charge in [-0.3, -0.25) is 9.69 Å². The van der Waals surface area contributed by atoms with Crippen molar-refractivity contribution in [2.75, 3.05) is 31.5 Å². The fourth-order valence-electron chi connectivity index (χ4n) is 2.83. The highest BCUT2D eigenvalue weighted by Gasteiger charge is 2.21. The number of hydrogen-bond donors (Lipinski definition) is 3. The largest absolute Gasteiger partial charge is 0.335 e.